The number of ether oxygens (including phenoxy) is 1. The SMILES string of the molecule is CC1CN(c2ccc(CNC(=O)c3cc(-c4cccs4)nc4ccccc34)cn2)CCO1. The van der Waals surface area contributed by atoms with Crippen LogP contribution in [0.5, 0.6) is 0 Å². The molecular formula is C25H24N4O2S. The van der Waals surface area contributed by atoms with E-state index in [9.17, 15) is 4.79 Å². The van der Waals surface area contributed by atoms with E-state index in [0.717, 1.165) is 45.9 Å². The Bertz CT molecular complexity index is 1220. The predicted octanol–water partition coefficient (Wildman–Crippen LogP) is 4.51. The van der Waals surface area contributed by atoms with Crippen molar-refractivity contribution < 1.29 is 9.53 Å². The number of thiophene rings is 1. The van der Waals surface area contributed by atoms with Crippen LogP contribution in [0.1, 0.15) is 22.8 Å². The zero-order valence-corrected chi connectivity index (χ0v) is 18.6. The summed E-state index contributed by atoms with van der Waals surface area (Å²) in [5.41, 5.74) is 3.22. The fraction of sp³-hybridized carbons (Fsp3) is 0.240. The van der Waals surface area contributed by atoms with Crippen molar-refractivity contribution >= 4 is 34.0 Å². The molecule has 1 aromatic carbocycles. The molecule has 1 saturated heterocycles. The number of carbonyl (C=O) groups is 1. The smallest absolute Gasteiger partial charge is 0.252 e. The van der Waals surface area contributed by atoms with Gasteiger partial charge in [-0.3, -0.25) is 4.79 Å². The Balaban J connectivity index is 1.33. The summed E-state index contributed by atoms with van der Waals surface area (Å²) in [7, 11) is 0. The van der Waals surface area contributed by atoms with E-state index in [1.807, 2.05) is 66.2 Å². The Hall–Kier alpha value is -3.29. The van der Waals surface area contributed by atoms with Gasteiger partial charge in [0.2, 0.25) is 0 Å². The molecule has 1 amide bonds. The van der Waals surface area contributed by atoms with E-state index in [-0.39, 0.29) is 12.0 Å². The third kappa shape index (κ3) is 4.35. The number of hydrogen-bond acceptors (Lipinski definition) is 6. The van der Waals surface area contributed by atoms with Crippen LogP contribution in [0.25, 0.3) is 21.5 Å². The third-order valence-corrected chi connectivity index (χ3v) is 6.45. The number of amides is 1. The molecule has 4 heterocycles. The normalized spacial score (nSPS) is 16.3. The van der Waals surface area contributed by atoms with E-state index < -0.39 is 0 Å². The molecule has 0 saturated carbocycles. The number of carbonyl (C=O) groups excluding carboxylic acids is 1. The topological polar surface area (TPSA) is 67.4 Å². The molecule has 3 aromatic heterocycles. The third-order valence-electron chi connectivity index (χ3n) is 5.56. The number of rotatable bonds is 5. The van der Waals surface area contributed by atoms with Crippen LogP contribution in [0.15, 0.2) is 66.2 Å². The van der Waals surface area contributed by atoms with E-state index in [4.69, 9.17) is 9.72 Å². The van der Waals surface area contributed by atoms with Crippen molar-refractivity contribution in [2.24, 2.45) is 0 Å². The molecule has 1 unspecified atom stereocenters. The first-order chi connectivity index (χ1) is 15.7. The number of benzene rings is 1. The second kappa shape index (κ2) is 9.06. The summed E-state index contributed by atoms with van der Waals surface area (Å²) in [6.45, 7) is 4.88. The van der Waals surface area contributed by atoms with Crippen LogP contribution < -0.4 is 10.2 Å². The monoisotopic (exact) mass is 444 g/mol. The number of fused-ring (bicyclic) bond motifs is 1. The molecule has 0 aliphatic carbocycles. The Morgan fingerprint density at radius 2 is 2.12 bits per heavy atom. The molecule has 0 radical (unpaired) electrons. The average Bonchev–Trinajstić information content (AvgIpc) is 3.37. The number of para-hydroxylation sites is 1. The molecule has 1 N–H and O–H groups in total. The minimum atomic E-state index is -0.118. The first-order valence-corrected chi connectivity index (χ1v) is 11.6. The standard InChI is InChI=1S/C25H24N4O2S/c1-17-16-29(10-11-31-17)24-9-8-18(14-26-24)15-27-25(30)20-13-22(23-7-4-12-32-23)28-21-6-3-2-5-19(20)21/h2-9,12-14,17H,10-11,15-16H2,1H3,(H,27,30). The molecule has 1 fully saturated rings. The summed E-state index contributed by atoms with van der Waals surface area (Å²) in [4.78, 5) is 25.7. The van der Waals surface area contributed by atoms with Gasteiger partial charge in [0.05, 0.1) is 34.4 Å². The summed E-state index contributed by atoms with van der Waals surface area (Å²) in [5.74, 6) is 0.823. The first kappa shape index (κ1) is 20.6. The van der Waals surface area contributed by atoms with Crippen LogP contribution in [0.4, 0.5) is 5.82 Å². The Morgan fingerprint density at radius 3 is 2.91 bits per heavy atom. The number of nitrogens with zero attached hydrogens (tertiary/aromatic N) is 3. The highest BCUT2D eigenvalue weighted by Crippen LogP contribution is 2.28. The zero-order chi connectivity index (χ0) is 21.9. The van der Waals surface area contributed by atoms with Crippen LogP contribution in [0, 0.1) is 0 Å². The predicted molar refractivity (Wildman–Crippen MR) is 128 cm³/mol. The summed E-state index contributed by atoms with van der Waals surface area (Å²) >= 11 is 1.61. The van der Waals surface area contributed by atoms with Crippen molar-refractivity contribution in [1.82, 2.24) is 15.3 Å². The lowest BCUT2D eigenvalue weighted by molar-refractivity contribution is 0.0529. The van der Waals surface area contributed by atoms with Gasteiger partial charge >= 0.3 is 0 Å². The molecule has 6 nitrogen and oxygen atoms in total. The van der Waals surface area contributed by atoms with E-state index in [1.165, 1.54) is 0 Å². The molecule has 32 heavy (non-hydrogen) atoms. The summed E-state index contributed by atoms with van der Waals surface area (Å²) < 4.78 is 5.60. The van der Waals surface area contributed by atoms with E-state index in [2.05, 4.69) is 22.1 Å². The molecule has 1 aliphatic rings. The minimum Gasteiger partial charge on any atom is -0.375 e. The quantitative estimate of drug-likeness (QED) is 0.490. The Labute approximate surface area is 190 Å². The van der Waals surface area contributed by atoms with Crippen molar-refractivity contribution in [3.8, 4) is 10.6 Å². The summed E-state index contributed by atoms with van der Waals surface area (Å²) in [5, 5.41) is 5.91. The van der Waals surface area contributed by atoms with E-state index in [1.54, 1.807) is 11.3 Å². The van der Waals surface area contributed by atoms with E-state index in [0.29, 0.717) is 18.7 Å². The van der Waals surface area contributed by atoms with Gasteiger partial charge in [0.15, 0.2) is 0 Å². The maximum atomic E-state index is 13.1. The van der Waals surface area contributed by atoms with E-state index >= 15 is 0 Å². The van der Waals surface area contributed by atoms with Gasteiger partial charge in [0, 0.05) is 31.2 Å². The van der Waals surface area contributed by atoms with Gasteiger partial charge in [-0.05, 0) is 42.1 Å². The second-order valence-electron chi connectivity index (χ2n) is 7.88. The zero-order valence-electron chi connectivity index (χ0n) is 17.8. The number of nitrogens with one attached hydrogen (secondary N) is 1. The molecule has 1 aliphatic heterocycles. The van der Waals surface area contributed by atoms with Crippen molar-refractivity contribution in [2.45, 2.75) is 19.6 Å². The highest BCUT2D eigenvalue weighted by atomic mass is 32.1. The molecule has 1 atom stereocenters. The molecular weight excluding hydrogens is 420 g/mol. The number of hydrogen-bond donors (Lipinski definition) is 1. The van der Waals surface area contributed by atoms with Crippen LogP contribution in [-0.4, -0.2) is 41.7 Å². The highest BCUT2D eigenvalue weighted by Gasteiger charge is 2.18. The van der Waals surface area contributed by atoms with Crippen LogP contribution >= 0.6 is 11.3 Å². The molecule has 0 spiro atoms. The summed E-state index contributed by atoms with van der Waals surface area (Å²) in [6.07, 6.45) is 2.04. The van der Waals surface area contributed by atoms with Gasteiger partial charge in [-0.1, -0.05) is 30.3 Å². The molecule has 5 rings (SSSR count). The second-order valence-corrected chi connectivity index (χ2v) is 8.83. The lowest BCUT2D eigenvalue weighted by Gasteiger charge is -2.32. The van der Waals surface area contributed by atoms with Crippen LogP contribution in [0.3, 0.4) is 0 Å². The minimum absolute atomic E-state index is 0.118. The number of anilines is 1. The molecule has 162 valence electrons. The Morgan fingerprint density at radius 1 is 1.22 bits per heavy atom. The molecule has 7 heteroatoms. The van der Waals surface area contributed by atoms with Crippen molar-refractivity contribution in [2.75, 3.05) is 24.6 Å². The van der Waals surface area contributed by atoms with Gasteiger partial charge in [-0.25, -0.2) is 9.97 Å². The van der Waals surface area contributed by atoms with Gasteiger partial charge in [-0.2, -0.15) is 0 Å². The van der Waals surface area contributed by atoms with Gasteiger partial charge in [0.25, 0.3) is 5.91 Å². The lowest BCUT2D eigenvalue weighted by Crippen LogP contribution is -2.41. The number of morpholine rings is 1. The van der Waals surface area contributed by atoms with Crippen molar-refractivity contribution in [3.63, 3.8) is 0 Å². The Kier molecular flexibility index (Phi) is 5.83. The van der Waals surface area contributed by atoms with Gasteiger partial charge < -0.3 is 15.0 Å². The summed E-state index contributed by atoms with van der Waals surface area (Å²) in [6, 6.07) is 17.7. The first-order valence-electron chi connectivity index (χ1n) is 10.7. The number of pyridine rings is 2. The van der Waals surface area contributed by atoms with Crippen molar-refractivity contribution in [1.29, 1.82) is 0 Å². The average molecular weight is 445 g/mol. The maximum absolute atomic E-state index is 13.1. The van der Waals surface area contributed by atoms with Crippen molar-refractivity contribution in [3.05, 3.63) is 77.3 Å². The van der Waals surface area contributed by atoms with Gasteiger partial charge in [0.1, 0.15) is 5.82 Å². The van der Waals surface area contributed by atoms with Crippen LogP contribution in [0.2, 0.25) is 0 Å². The molecule has 0 bridgehead atoms. The largest absolute Gasteiger partial charge is 0.375 e. The highest BCUT2D eigenvalue weighted by molar-refractivity contribution is 7.13. The fourth-order valence-electron chi connectivity index (χ4n) is 3.93. The van der Waals surface area contributed by atoms with Gasteiger partial charge in [-0.15, -0.1) is 11.3 Å². The van der Waals surface area contributed by atoms with Crippen LogP contribution in [-0.2, 0) is 11.3 Å². The fourth-order valence-corrected chi connectivity index (χ4v) is 4.61. The maximum Gasteiger partial charge on any atom is 0.252 e. The lowest BCUT2D eigenvalue weighted by atomic mass is 10.1. The number of aromatic nitrogens is 2. The molecule has 4 aromatic rings.